The minimum atomic E-state index is -0.142. The molecule has 4 heteroatoms. The highest BCUT2D eigenvalue weighted by Gasteiger charge is 2.16. The summed E-state index contributed by atoms with van der Waals surface area (Å²) in [5.41, 5.74) is 5.86. The molecule has 1 aromatic rings. The van der Waals surface area contributed by atoms with E-state index in [2.05, 4.69) is 31.7 Å². The van der Waals surface area contributed by atoms with Crippen LogP contribution in [0.4, 0.5) is 0 Å². The lowest BCUT2D eigenvalue weighted by Gasteiger charge is -2.28. The van der Waals surface area contributed by atoms with E-state index in [1.54, 1.807) is 11.3 Å². The van der Waals surface area contributed by atoms with Crippen molar-refractivity contribution in [2.45, 2.75) is 32.9 Å². The van der Waals surface area contributed by atoms with E-state index in [0.29, 0.717) is 0 Å². The number of rotatable bonds is 5. The predicted molar refractivity (Wildman–Crippen MR) is 68.5 cm³/mol. The second-order valence-electron chi connectivity index (χ2n) is 4.50. The first-order chi connectivity index (χ1) is 6.90. The highest BCUT2D eigenvalue weighted by Crippen LogP contribution is 2.22. The molecule has 2 nitrogen and oxygen atoms in total. The SMILES string of the molecule is CCN(Cc1ccc(Cl)s1)CC(C)(C)N. The van der Waals surface area contributed by atoms with Gasteiger partial charge in [-0.15, -0.1) is 11.3 Å². The molecule has 0 aliphatic rings. The molecule has 0 unspecified atom stereocenters. The summed E-state index contributed by atoms with van der Waals surface area (Å²) in [6.07, 6.45) is 0. The highest BCUT2D eigenvalue weighted by molar-refractivity contribution is 7.16. The first kappa shape index (κ1) is 13.0. The zero-order valence-electron chi connectivity index (χ0n) is 9.59. The Morgan fingerprint density at radius 3 is 2.53 bits per heavy atom. The third-order valence-corrected chi connectivity index (χ3v) is 3.30. The van der Waals surface area contributed by atoms with Gasteiger partial charge in [0.15, 0.2) is 0 Å². The average Bonchev–Trinajstić information content (AvgIpc) is 2.47. The minimum absolute atomic E-state index is 0.142. The van der Waals surface area contributed by atoms with Crippen LogP contribution < -0.4 is 5.73 Å². The summed E-state index contributed by atoms with van der Waals surface area (Å²) in [6.45, 7) is 9.11. The predicted octanol–water partition coefficient (Wildman–Crippen LogP) is 2.96. The monoisotopic (exact) mass is 246 g/mol. The smallest absolute Gasteiger partial charge is 0.0931 e. The average molecular weight is 247 g/mol. The summed E-state index contributed by atoms with van der Waals surface area (Å²) in [5.74, 6) is 0. The summed E-state index contributed by atoms with van der Waals surface area (Å²) in [5, 5.41) is 0. The van der Waals surface area contributed by atoms with Gasteiger partial charge in [-0.25, -0.2) is 0 Å². The van der Waals surface area contributed by atoms with Crippen LogP contribution in [0.15, 0.2) is 12.1 Å². The van der Waals surface area contributed by atoms with Crippen LogP contribution in [0.1, 0.15) is 25.6 Å². The fraction of sp³-hybridized carbons (Fsp3) is 0.636. The van der Waals surface area contributed by atoms with Gasteiger partial charge in [0.2, 0.25) is 0 Å². The van der Waals surface area contributed by atoms with Gasteiger partial charge >= 0.3 is 0 Å². The summed E-state index contributed by atoms with van der Waals surface area (Å²) in [4.78, 5) is 3.63. The number of hydrogen-bond acceptors (Lipinski definition) is 3. The van der Waals surface area contributed by atoms with E-state index < -0.39 is 0 Å². The quantitative estimate of drug-likeness (QED) is 0.866. The number of likely N-dealkylation sites (N-methyl/N-ethyl adjacent to an activating group) is 1. The minimum Gasteiger partial charge on any atom is -0.324 e. The molecular weight excluding hydrogens is 228 g/mol. The van der Waals surface area contributed by atoms with Crippen molar-refractivity contribution in [3.05, 3.63) is 21.3 Å². The molecule has 0 aromatic carbocycles. The Kier molecular flexibility index (Phi) is 4.59. The van der Waals surface area contributed by atoms with Crippen LogP contribution >= 0.6 is 22.9 Å². The molecule has 0 fully saturated rings. The number of hydrogen-bond donors (Lipinski definition) is 1. The van der Waals surface area contributed by atoms with Gasteiger partial charge in [0.05, 0.1) is 4.34 Å². The normalized spacial score (nSPS) is 12.4. The van der Waals surface area contributed by atoms with Gasteiger partial charge in [0.25, 0.3) is 0 Å². The zero-order valence-corrected chi connectivity index (χ0v) is 11.2. The Bertz CT molecular complexity index is 304. The van der Waals surface area contributed by atoms with Crippen molar-refractivity contribution in [3.63, 3.8) is 0 Å². The second-order valence-corrected chi connectivity index (χ2v) is 6.30. The van der Waals surface area contributed by atoms with E-state index in [-0.39, 0.29) is 5.54 Å². The molecule has 2 N–H and O–H groups in total. The fourth-order valence-electron chi connectivity index (χ4n) is 1.51. The highest BCUT2D eigenvalue weighted by atomic mass is 35.5. The first-order valence-corrected chi connectivity index (χ1v) is 6.35. The van der Waals surface area contributed by atoms with Gasteiger partial charge in [-0.05, 0) is 32.5 Å². The Morgan fingerprint density at radius 1 is 1.47 bits per heavy atom. The lowest BCUT2D eigenvalue weighted by atomic mass is 10.1. The molecule has 15 heavy (non-hydrogen) atoms. The third-order valence-electron chi connectivity index (χ3n) is 2.09. The first-order valence-electron chi connectivity index (χ1n) is 5.16. The molecule has 0 atom stereocenters. The molecule has 0 spiro atoms. The van der Waals surface area contributed by atoms with Crippen LogP contribution in [0.25, 0.3) is 0 Å². The second kappa shape index (κ2) is 5.30. The standard InChI is InChI=1S/C11H19ClN2S/c1-4-14(8-11(2,3)13)7-9-5-6-10(12)15-9/h5-6H,4,7-8,13H2,1-3H3. The van der Waals surface area contributed by atoms with E-state index in [4.69, 9.17) is 17.3 Å². The Morgan fingerprint density at radius 2 is 2.13 bits per heavy atom. The summed E-state index contributed by atoms with van der Waals surface area (Å²) < 4.78 is 0.855. The van der Waals surface area contributed by atoms with Gasteiger partial charge in [0, 0.05) is 23.5 Å². The fourth-order valence-corrected chi connectivity index (χ4v) is 2.64. The Hall–Kier alpha value is -0.0900. The summed E-state index contributed by atoms with van der Waals surface area (Å²) in [7, 11) is 0. The molecular formula is C11H19ClN2S. The molecule has 1 heterocycles. The van der Waals surface area contributed by atoms with Gasteiger partial charge in [-0.1, -0.05) is 18.5 Å². The summed E-state index contributed by atoms with van der Waals surface area (Å²) in [6, 6.07) is 4.03. The van der Waals surface area contributed by atoms with E-state index in [1.165, 1.54) is 4.88 Å². The number of nitrogens with zero attached hydrogens (tertiary/aromatic N) is 1. The van der Waals surface area contributed by atoms with Crippen LogP contribution in [0.2, 0.25) is 4.34 Å². The number of nitrogens with two attached hydrogens (primary N) is 1. The van der Waals surface area contributed by atoms with Crippen molar-refractivity contribution in [2.75, 3.05) is 13.1 Å². The van der Waals surface area contributed by atoms with E-state index >= 15 is 0 Å². The molecule has 0 radical (unpaired) electrons. The molecule has 1 aromatic heterocycles. The molecule has 0 aliphatic heterocycles. The van der Waals surface area contributed by atoms with Gasteiger partial charge in [-0.3, -0.25) is 4.90 Å². The Balaban J connectivity index is 2.54. The van der Waals surface area contributed by atoms with Crippen LogP contribution in [0, 0.1) is 0 Å². The lowest BCUT2D eigenvalue weighted by Crippen LogP contribution is -2.44. The largest absolute Gasteiger partial charge is 0.324 e. The molecule has 86 valence electrons. The van der Waals surface area contributed by atoms with Crippen molar-refractivity contribution in [1.29, 1.82) is 0 Å². The maximum absolute atomic E-state index is 6.01. The van der Waals surface area contributed by atoms with Crippen LogP contribution in [-0.2, 0) is 6.54 Å². The molecule has 0 saturated heterocycles. The number of halogens is 1. The van der Waals surface area contributed by atoms with E-state index in [0.717, 1.165) is 24.0 Å². The maximum Gasteiger partial charge on any atom is 0.0931 e. The van der Waals surface area contributed by atoms with Gasteiger partial charge < -0.3 is 5.73 Å². The van der Waals surface area contributed by atoms with E-state index in [9.17, 15) is 0 Å². The molecule has 0 saturated carbocycles. The van der Waals surface area contributed by atoms with Crippen molar-refractivity contribution >= 4 is 22.9 Å². The van der Waals surface area contributed by atoms with Crippen molar-refractivity contribution in [2.24, 2.45) is 5.73 Å². The lowest BCUT2D eigenvalue weighted by molar-refractivity contribution is 0.230. The van der Waals surface area contributed by atoms with E-state index in [1.807, 2.05) is 6.07 Å². The Labute approximate surface area is 101 Å². The van der Waals surface area contributed by atoms with Crippen LogP contribution in [0.3, 0.4) is 0 Å². The van der Waals surface area contributed by atoms with Crippen LogP contribution in [0.5, 0.6) is 0 Å². The maximum atomic E-state index is 6.01. The topological polar surface area (TPSA) is 29.3 Å². The van der Waals surface area contributed by atoms with Crippen molar-refractivity contribution in [3.8, 4) is 0 Å². The van der Waals surface area contributed by atoms with Gasteiger partial charge in [0.1, 0.15) is 0 Å². The number of thiophene rings is 1. The summed E-state index contributed by atoms with van der Waals surface area (Å²) >= 11 is 7.54. The molecule has 0 aliphatic carbocycles. The van der Waals surface area contributed by atoms with Gasteiger partial charge in [-0.2, -0.15) is 0 Å². The van der Waals surface area contributed by atoms with Crippen LogP contribution in [-0.4, -0.2) is 23.5 Å². The molecule has 0 bridgehead atoms. The van der Waals surface area contributed by atoms with Crippen molar-refractivity contribution < 1.29 is 0 Å². The zero-order chi connectivity index (χ0) is 11.5. The third kappa shape index (κ3) is 4.98. The van der Waals surface area contributed by atoms with Crippen molar-refractivity contribution in [1.82, 2.24) is 4.90 Å². The molecule has 0 amide bonds. The molecule has 1 rings (SSSR count).